The van der Waals surface area contributed by atoms with E-state index in [4.69, 9.17) is 39.9 Å². The van der Waals surface area contributed by atoms with E-state index in [2.05, 4.69) is 0 Å². The third-order valence-electron chi connectivity index (χ3n) is 9.82. The predicted octanol–water partition coefficient (Wildman–Crippen LogP) is 6.73. The van der Waals surface area contributed by atoms with Crippen LogP contribution in [0.15, 0.2) is 84.9 Å². The van der Waals surface area contributed by atoms with Gasteiger partial charge in [0.05, 0.1) is 32.9 Å². The molecule has 64 heavy (non-hydrogen) atoms. The molecule has 2 heterocycles. The molecule has 334 valence electrons. The first-order valence-corrected chi connectivity index (χ1v) is 20.2. The van der Waals surface area contributed by atoms with Crippen molar-refractivity contribution in [1.82, 2.24) is 9.13 Å². The highest BCUT2D eigenvalue weighted by atomic mass is 16.6. The highest BCUT2D eigenvalue weighted by molar-refractivity contribution is 6.45. The summed E-state index contributed by atoms with van der Waals surface area (Å²) in [6, 6.07) is 24.8. The van der Waals surface area contributed by atoms with E-state index in [-0.39, 0.29) is 36.1 Å². The number of esters is 2. The van der Waals surface area contributed by atoms with Gasteiger partial charge in [0, 0.05) is 11.4 Å². The highest BCUT2D eigenvalue weighted by Gasteiger charge is 2.29. The lowest BCUT2D eigenvalue weighted by molar-refractivity contribution is -0.158. The van der Waals surface area contributed by atoms with E-state index < -0.39 is 59.7 Å². The van der Waals surface area contributed by atoms with Gasteiger partial charge in [0.2, 0.25) is 0 Å². The number of ether oxygens (including phenoxy) is 6. The molecule has 0 aliphatic heterocycles. The Morgan fingerprint density at radius 1 is 0.500 bits per heavy atom. The summed E-state index contributed by atoms with van der Waals surface area (Å²) in [4.78, 5) is 75.3. The monoisotopic (exact) mass is 874 g/mol. The molecule has 6 rings (SSSR count). The fourth-order valence-corrected chi connectivity index (χ4v) is 7.14. The third-order valence-corrected chi connectivity index (χ3v) is 9.82. The summed E-state index contributed by atoms with van der Waals surface area (Å²) in [5.41, 5.74) is 13.2. The van der Waals surface area contributed by atoms with Crippen molar-refractivity contribution in [2.45, 2.75) is 80.1 Å². The van der Waals surface area contributed by atoms with Crippen LogP contribution < -0.4 is 30.4 Å². The maximum absolute atomic E-state index is 13.1. The number of hydrogen-bond donors (Lipinski definition) is 2. The number of carbonyl (C=O) groups excluding carboxylic acids is 6. The summed E-state index contributed by atoms with van der Waals surface area (Å²) < 4.78 is 38.0. The van der Waals surface area contributed by atoms with E-state index in [9.17, 15) is 28.8 Å². The van der Waals surface area contributed by atoms with Crippen LogP contribution >= 0.6 is 0 Å². The Balaban J connectivity index is 1.16. The Kier molecular flexibility index (Phi) is 13.2. The van der Waals surface area contributed by atoms with Crippen LogP contribution in [0.5, 0.6) is 23.0 Å². The number of primary amides is 2. The first-order valence-electron chi connectivity index (χ1n) is 20.2. The van der Waals surface area contributed by atoms with Crippen LogP contribution in [0.2, 0.25) is 0 Å². The van der Waals surface area contributed by atoms with Crippen LogP contribution in [-0.2, 0) is 42.1 Å². The Bertz CT molecular complexity index is 2600. The summed E-state index contributed by atoms with van der Waals surface area (Å²) >= 11 is 0. The molecular weight excluding hydrogens is 825 g/mol. The first-order chi connectivity index (χ1) is 30.1. The summed E-state index contributed by atoms with van der Waals surface area (Å²) in [5, 5.41) is 0.629. The van der Waals surface area contributed by atoms with Gasteiger partial charge in [-0.1, -0.05) is 36.4 Å². The Labute approximate surface area is 368 Å². The van der Waals surface area contributed by atoms with Crippen LogP contribution in [0, 0.1) is 13.8 Å². The van der Waals surface area contributed by atoms with Gasteiger partial charge in [-0.15, -0.1) is 0 Å². The fourth-order valence-electron chi connectivity index (χ4n) is 7.14. The van der Waals surface area contributed by atoms with Crippen molar-refractivity contribution in [3.05, 3.63) is 107 Å². The van der Waals surface area contributed by atoms with Crippen LogP contribution in [0.25, 0.3) is 32.9 Å². The van der Waals surface area contributed by atoms with E-state index in [1.807, 2.05) is 24.3 Å². The SMILES string of the molecule is Cc1c(C(=O)C(N)=O)c2c(OCC(=O)OC(C)(C)C)cccc2n1COc1ccc(-c2ccc(OCn3c(C)c(C(=O)C(N)=O)c4c(OCC(=O)OC(C)(C)C)cccc43)cc2)cc1. The van der Waals surface area contributed by atoms with Crippen molar-refractivity contribution in [3.63, 3.8) is 0 Å². The van der Waals surface area contributed by atoms with Gasteiger partial charge in [-0.3, -0.25) is 19.2 Å². The lowest BCUT2D eigenvalue weighted by Crippen LogP contribution is -2.27. The van der Waals surface area contributed by atoms with E-state index in [1.165, 1.54) is 0 Å². The minimum absolute atomic E-state index is 0.0377. The molecule has 2 aromatic heterocycles. The smallest absolute Gasteiger partial charge is 0.344 e. The standard InChI is InChI=1S/C48H50N4O12/c1-27-39(43(55)45(49)57)41-33(11-9-13-35(41)59-23-37(53)63-47(3,4)5)51(27)25-61-31-19-15-29(16-20-31)30-17-21-32(22-18-30)62-26-52-28(2)40(44(56)46(50)58)42-34(52)12-10-14-36(42)60-24-38(54)64-48(6,7)8/h9-22H,23-26H2,1-8H3,(H2,49,57)(H2,50,58). The molecule has 16 heteroatoms. The first kappa shape index (κ1) is 45.9. The van der Waals surface area contributed by atoms with E-state index >= 15 is 0 Å². The molecule has 0 spiro atoms. The van der Waals surface area contributed by atoms with Gasteiger partial charge in [0.15, 0.2) is 26.7 Å². The molecule has 0 aliphatic rings. The zero-order valence-corrected chi connectivity index (χ0v) is 36.9. The van der Waals surface area contributed by atoms with Gasteiger partial charge in [0.25, 0.3) is 23.4 Å². The number of benzene rings is 4. The van der Waals surface area contributed by atoms with Crippen molar-refractivity contribution in [2.75, 3.05) is 13.2 Å². The summed E-state index contributed by atoms with van der Waals surface area (Å²) in [5.74, 6) is -3.86. The number of Topliss-reactive ketones (excluding diaryl/α,β-unsaturated/α-hetero) is 2. The predicted molar refractivity (Wildman–Crippen MR) is 236 cm³/mol. The Morgan fingerprint density at radius 2 is 0.844 bits per heavy atom. The van der Waals surface area contributed by atoms with Crippen molar-refractivity contribution >= 4 is 57.1 Å². The van der Waals surface area contributed by atoms with E-state index in [0.29, 0.717) is 44.7 Å². The lowest BCUT2D eigenvalue weighted by atomic mass is 10.1. The second kappa shape index (κ2) is 18.4. The normalized spacial score (nSPS) is 11.6. The van der Waals surface area contributed by atoms with Crippen LogP contribution in [0.3, 0.4) is 0 Å². The number of amides is 2. The number of carbonyl (C=O) groups is 6. The molecule has 4 aromatic carbocycles. The van der Waals surface area contributed by atoms with Crippen LogP contribution in [0.1, 0.15) is 73.6 Å². The summed E-state index contributed by atoms with van der Waals surface area (Å²) in [7, 11) is 0. The number of nitrogens with two attached hydrogens (primary N) is 2. The largest absolute Gasteiger partial charge is 0.481 e. The molecule has 16 nitrogen and oxygen atoms in total. The topological polar surface area (TPSA) is 220 Å². The average molecular weight is 875 g/mol. The van der Waals surface area contributed by atoms with Crippen molar-refractivity contribution in [3.8, 4) is 34.1 Å². The molecule has 6 aromatic rings. The Hall–Kier alpha value is -7.62. The second-order valence-corrected chi connectivity index (χ2v) is 16.8. The number of aromatic nitrogens is 2. The maximum Gasteiger partial charge on any atom is 0.344 e. The number of nitrogens with zero attached hydrogens (tertiary/aromatic N) is 2. The molecule has 4 N–H and O–H groups in total. The average Bonchev–Trinajstić information content (AvgIpc) is 3.68. The molecular formula is C48H50N4O12. The zero-order chi connectivity index (χ0) is 46.7. The molecule has 0 atom stereocenters. The van der Waals surface area contributed by atoms with Crippen LogP contribution in [-0.4, -0.2) is 68.9 Å². The zero-order valence-electron chi connectivity index (χ0n) is 36.9. The number of ketones is 2. The number of fused-ring (bicyclic) bond motifs is 2. The highest BCUT2D eigenvalue weighted by Crippen LogP contribution is 2.36. The molecule has 0 aliphatic carbocycles. The van der Waals surface area contributed by atoms with Crippen LogP contribution in [0.4, 0.5) is 0 Å². The van der Waals surface area contributed by atoms with Gasteiger partial charge in [-0.05, 0) is 115 Å². The van der Waals surface area contributed by atoms with Crippen molar-refractivity contribution in [2.24, 2.45) is 11.5 Å². The molecule has 0 unspecified atom stereocenters. The molecule has 2 amide bonds. The fraction of sp³-hybridized carbons (Fsp3) is 0.292. The van der Waals surface area contributed by atoms with Crippen molar-refractivity contribution in [1.29, 1.82) is 0 Å². The molecule has 0 saturated carbocycles. The van der Waals surface area contributed by atoms with Gasteiger partial charge in [-0.2, -0.15) is 0 Å². The number of rotatable bonds is 17. The molecule has 0 radical (unpaired) electrons. The number of hydrogen-bond acceptors (Lipinski definition) is 12. The summed E-state index contributed by atoms with van der Waals surface area (Å²) in [6.07, 6.45) is 0. The Morgan fingerprint density at radius 3 is 1.16 bits per heavy atom. The maximum atomic E-state index is 13.1. The third kappa shape index (κ3) is 10.3. The van der Waals surface area contributed by atoms with Gasteiger partial charge in [0.1, 0.15) is 34.2 Å². The van der Waals surface area contributed by atoms with Gasteiger partial charge in [-0.25, -0.2) is 9.59 Å². The molecule has 0 bridgehead atoms. The van der Waals surface area contributed by atoms with E-state index in [1.54, 1.807) is 125 Å². The lowest BCUT2D eigenvalue weighted by Gasteiger charge is -2.19. The minimum Gasteiger partial charge on any atom is -0.481 e. The minimum atomic E-state index is -1.14. The van der Waals surface area contributed by atoms with Crippen molar-refractivity contribution < 1.29 is 57.2 Å². The van der Waals surface area contributed by atoms with Gasteiger partial charge >= 0.3 is 11.9 Å². The second-order valence-electron chi connectivity index (χ2n) is 16.8. The quantitative estimate of drug-likeness (QED) is 0.0554. The van der Waals surface area contributed by atoms with Gasteiger partial charge < -0.3 is 49.0 Å². The molecule has 0 saturated heterocycles. The molecule has 0 fully saturated rings. The summed E-state index contributed by atoms with van der Waals surface area (Å²) in [6.45, 7) is 12.8. The van der Waals surface area contributed by atoms with E-state index in [0.717, 1.165) is 11.1 Å².